The van der Waals surface area contributed by atoms with Gasteiger partial charge in [-0.1, -0.05) is 13.8 Å². The van der Waals surface area contributed by atoms with Crippen LogP contribution >= 0.6 is 0 Å². The van der Waals surface area contributed by atoms with Gasteiger partial charge in [0.15, 0.2) is 0 Å². The zero-order chi connectivity index (χ0) is 13.4. The molecule has 1 aromatic carbocycles. The maximum atomic E-state index is 11.3. The molecule has 0 saturated heterocycles. The van der Waals surface area contributed by atoms with Crippen molar-refractivity contribution in [3.63, 3.8) is 0 Å². The highest BCUT2D eigenvalue weighted by molar-refractivity contribution is 6.03. The Bertz CT molecular complexity index is 401. The molecule has 0 aliphatic rings. The van der Waals surface area contributed by atoms with Crippen LogP contribution in [0.2, 0.25) is 0 Å². The molecule has 0 unspecified atom stereocenters. The Balaban J connectivity index is 0.00000121. The van der Waals surface area contributed by atoms with E-state index >= 15 is 0 Å². The summed E-state index contributed by atoms with van der Waals surface area (Å²) in [6, 6.07) is 4.31. The number of hydrogen-bond donors (Lipinski definition) is 1. The summed E-state index contributed by atoms with van der Waals surface area (Å²) in [5, 5.41) is 0. The minimum atomic E-state index is -0.622. The molecule has 1 rings (SSSR count). The predicted molar refractivity (Wildman–Crippen MR) is 64.9 cm³/mol. The summed E-state index contributed by atoms with van der Waals surface area (Å²) in [6.07, 6.45) is 0. The number of esters is 2. The highest BCUT2D eigenvalue weighted by atomic mass is 16.5. The van der Waals surface area contributed by atoms with Gasteiger partial charge in [0.05, 0.1) is 25.3 Å². The van der Waals surface area contributed by atoms with E-state index in [0.717, 1.165) is 0 Å². The molecule has 0 heterocycles. The molecule has 0 radical (unpaired) electrons. The average molecular weight is 239 g/mol. The fourth-order valence-electron chi connectivity index (χ4n) is 1.13. The summed E-state index contributed by atoms with van der Waals surface area (Å²) in [7, 11) is 2.46. The minimum Gasteiger partial charge on any atom is -0.465 e. The Kier molecular flexibility index (Phi) is 6.40. The molecule has 0 aliphatic heterocycles. The van der Waals surface area contributed by atoms with Crippen LogP contribution in [0.15, 0.2) is 18.2 Å². The zero-order valence-electron chi connectivity index (χ0n) is 10.4. The first-order chi connectivity index (χ1) is 8.10. The van der Waals surface area contributed by atoms with Crippen molar-refractivity contribution < 1.29 is 19.1 Å². The fourth-order valence-corrected chi connectivity index (χ4v) is 1.13. The van der Waals surface area contributed by atoms with E-state index in [-0.39, 0.29) is 11.1 Å². The van der Waals surface area contributed by atoms with Crippen molar-refractivity contribution in [2.24, 2.45) is 0 Å². The number of benzene rings is 1. The van der Waals surface area contributed by atoms with Crippen molar-refractivity contribution in [3.05, 3.63) is 29.3 Å². The lowest BCUT2D eigenvalue weighted by Crippen LogP contribution is -2.12. The summed E-state index contributed by atoms with van der Waals surface area (Å²) in [6.45, 7) is 4.00. The first-order valence-corrected chi connectivity index (χ1v) is 5.16. The van der Waals surface area contributed by atoms with Crippen LogP contribution in [0.3, 0.4) is 0 Å². The van der Waals surface area contributed by atoms with Gasteiger partial charge < -0.3 is 15.2 Å². The fraction of sp³-hybridized carbons (Fsp3) is 0.333. The molecule has 2 N–H and O–H groups in total. The summed E-state index contributed by atoms with van der Waals surface area (Å²) in [5.41, 5.74) is 6.12. The SMILES string of the molecule is CC.COC(=O)c1ccc(N)cc1C(=O)OC. The first kappa shape index (κ1) is 15.0. The van der Waals surface area contributed by atoms with Crippen LogP contribution < -0.4 is 5.73 Å². The number of hydrogen-bond acceptors (Lipinski definition) is 5. The Labute approximate surface area is 101 Å². The van der Waals surface area contributed by atoms with Crippen molar-refractivity contribution in [2.75, 3.05) is 20.0 Å². The molecule has 0 saturated carbocycles. The Morgan fingerprint density at radius 1 is 1.00 bits per heavy atom. The van der Waals surface area contributed by atoms with E-state index in [9.17, 15) is 9.59 Å². The standard InChI is InChI=1S/C10H11NO4.C2H6/c1-14-9(12)7-4-3-6(11)5-8(7)10(13)15-2;1-2/h3-5H,11H2,1-2H3;1-2H3. The van der Waals surface area contributed by atoms with Crippen LogP contribution in [-0.2, 0) is 9.47 Å². The zero-order valence-corrected chi connectivity index (χ0v) is 10.4. The molecular weight excluding hydrogens is 222 g/mol. The average Bonchev–Trinajstić information content (AvgIpc) is 2.39. The van der Waals surface area contributed by atoms with Gasteiger partial charge in [0, 0.05) is 5.69 Å². The maximum Gasteiger partial charge on any atom is 0.338 e. The smallest absolute Gasteiger partial charge is 0.338 e. The lowest BCUT2D eigenvalue weighted by Gasteiger charge is -2.06. The van der Waals surface area contributed by atoms with Crippen LogP contribution in [0.25, 0.3) is 0 Å². The van der Waals surface area contributed by atoms with E-state index in [1.807, 2.05) is 13.8 Å². The van der Waals surface area contributed by atoms with Crippen LogP contribution in [-0.4, -0.2) is 26.2 Å². The molecule has 0 atom stereocenters. The third-order valence-electron chi connectivity index (χ3n) is 1.85. The van der Waals surface area contributed by atoms with Crippen molar-refractivity contribution in [1.29, 1.82) is 0 Å². The topological polar surface area (TPSA) is 78.6 Å². The normalized spacial score (nSPS) is 8.71. The van der Waals surface area contributed by atoms with Gasteiger partial charge in [0.2, 0.25) is 0 Å². The number of ether oxygens (including phenoxy) is 2. The molecule has 1 aromatic rings. The molecule has 0 spiro atoms. The molecule has 0 amide bonds. The van der Waals surface area contributed by atoms with E-state index in [0.29, 0.717) is 5.69 Å². The third kappa shape index (κ3) is 3.79. The van der Waals surface area contributed by atoms with Gasteiger partial charge in [-0.05, 0) is 18.2 Å². The predicted octanol–water partition coefficient (Wildman–Crippen LogP) is 1.87. The van der Waals surface area contributed by atoms with Gasteiger partial charge in [-0.15, -0.1) is 0 Å². The van der Waals surface area contributed by atoms with Crippen molar-refractivity contribution >= 4 is 17.6 Å². The third-order valence-corrected chi connectivity index (χ3v) is 1.85. The number of carbonyl (C=O) groups is 2. The Morgan fingerprint density at radius 2 is 1.47 bits per heavy atom. The van der Waals surface area contributed by atoms with Crippen LogP contribution in [0.1, 0.15) is 34.6 Å². The van der Waals surface area contributed by atoms with Crippen LogP contribution in [0.4, 0.5) is 5.69 Å². The molecule has 94 valence electrons. The van der Waals surface area contributed by atoms with Gasteiger partial charge in [0.25, 0.3) is 0 Å². The minimum absolute atomic E-state index is 0.101. The molecule has 0 aliphatic carbocycles. The van der Waals surface area contributed by atoms with Crippen molar-refractivity contribution in [3.8, 4) is 0 Å². The lowest BCUT2D eigenvalue weighted by atomic mass is 10.1. The number of nitrogens with two attached hydrogens (primary N) is 1. The summed E-state index contributed by atoms with van der Waals surface area (Å²) < 4.78 is 9.05. The molecule has 17 heavy (non-hydrogen) atoms. The van der Waals surface area contributed by atoms with Crippen LogP contribution in [0.5, 0.6) is 0 Å². The lowest BCUT2D eigenvalue weighted by molar-refractivity contribution is 0.0555. The van der Waals surface area contributed by atoms with Crippen molar-refractivity contribution in [1.82, 2.24) is 0 Å². The quantitative estimate of drug-likeness (QED) is 0.629. The maximum absolute atomic E-state index is 11.3. The van der Waals surface area contributed by atoms with E-state index in [1.165, 1.54) is 32.4 Å². The number of anilines is 1. The second-order valence-corrected chi connectivity index (χ2v) is 2.79. The van der Waals surface area contributed by atoms with E-state index < -0.39 is 11.9 Å². The monoisotopic (exact) mass is 239 g/mol. The summed E-state index contributed by atoms with van der Waals surface area (Å²) in [5.74, 6) is -1.22. The van der Waals surface area contributed by atoms with Crippen molar-refractivity contribution in [2.45, 2.75) is 13.8 Å². The van der Waals surface area contributed by atoms with Gasteiger partial charge >= 0.3 is 11.9 Å². The van der Waals surface area contributed by atoms with Gasteiger partial charge in [-0.3, -0.25) is 0 Å². The number of methoxy groups -OCH3 is 2. The van der Waals surface area contributed by atoms with Crippen LogP contribution in [0, 0.1) is 0 Å². The van der Waals surface area contributed by atoms with Gasteiger partial charge in [0.1, 0.15) is 0 Å². The second kappa shape index (κ2) is 7.27. The molecular formula is C12H17NO4. The number of rotatable bonds is 2. The van der Waals surface area contributed by atoms with E-state index in [1.54, 1.807) is 0 Å². The first-order valence-electron chi connectivity index (χ1n) is 5.16. The number of carbonyl (C=O) groups excluding carboxylic acids is 2. The second-order valence-electron chi connectivity index (χ2n) is 2.79. The molecule has 0 bridgehead atoms. The van der Waals surface area contributed by atoms with Gasteiger partial charge in [-0.2, -0.15) is 0 Å². The molecule has 5 nitrogen and oxygen atoms in total. The summed E-state index contributed by atoms with van der Waals surface area (Å²) in [4.78, 5) is 22.6. The molecule has 0 fully saturated rings. The van der Waals surface area contributed by atoms with E-state index in [4.69, 9.17) is 5.73 Å². The highest BCUT2D eigenvalue weighted by Crippen LogP contribution is 2.15. The number of nitrogen functional groups attached to an aromatic ring is 1. The highest BCUT2D eigenvalue weighted by Gasteiger charge is 2.18. The van der Waals surface area contributed by atoms with Gasteiger partial charge in [-0.25, -0.2) is 9.59 Å². The summed E-state index contributed by atoms with van der Waals surface area (Å²) >= 11 is 0. The largest absolute Gasteiger partial charge is 0.465 e. The molecule has 5 heteroatoms. The molecule has 0 aromatic heterocycles. The van der Waals surface area contributed by atoms with E-state index in [2.05, 4.69) is 9.47 Å². The Hall–Kier alpha value is -2.04. The Morgan fingerprint density at radius 3 is 1.94 bits per heavy atom.